The Morgan fingerprint density at radius 2 is 1.33 bits per heavy atom. The standard InChI is InChI=1S/C22H21FN2O2/c23-21-10-8-20(9-11-21)19-6-4-16(5-7-19)13-24-14-17-2-1-3-18(12-17)15-25-22(26)27/h1-12,24-25H,13-15H2,(H,26,27). The third kappa shape index (κ3) is 5.66. The molecule has 1 amide bonds. The number of hydrogen-bond donors (Lipinski definition) is 3. The van der Waals surface area contributed by atoms with Crippen LogP contribution in [0.1, 0.15) is 16.7 Å². The first-order valence-corrected chi connectivity index (χ1v) is 8.70. The summed E-state index contributed by atoms with van der Waals surface area (Å²) in [4.78, 5) is 10.6. The smallest absolute Gasteiger partial charge is 0.404 e. The predicted octanol–water partition coefficient (Wildman–Crippen LogP) is 4.55. The van der Waals surface area contributed by atoms with Gasteiger partial charge in [0.05, 0.1) is 0 Å². The van der Waals surface area contributed by atoms with Crippen LogP contribution in [0.15, 0.2) is 72.8 Å². The summed E-state index contributed by atoms with van der Waals surface area (Å²) in [5.74, 6) is -0.234. The SMILES string of the molecule is O=C(O)NCc1cccc(CNCc2ccc(-c3ccc(F)cc3)cc2)c1. The summed E-state index contributed by atoms with van der Waals surface area (Å²) in [6, 6.07) is 22.5. The van der Waals surface area contributed by atoms with Crippen molar-refractivity contribution < 1.29 is 14.3 Å². The fourth-order valence-corrected chi connectivity index (χ4v) is 2.84. The van der Waals surface area contributed by atoms with E-state index in [9.17, 15) is 9.18 Å². The van der Waals surface area contributed by atoms with Crippen LogP contribution in [0.5, 0.6) is 0 Å². The van der Waals surface area contributed by atoms with Gasteiger partial charge in [-0.05, 0) is 39.9 Å². The lowest BCUT2D eigenvalue weighted by Gasteiger charge is -2.08. The molecule has 0 aliphatic rings. The summed E-state index contributed by atoms with van der Waals surface area (Å²) in [6.45, 7) is 1.72. The highest BCUT2D eigenvalue weighted by molar-refractivity contribution is 5.64. The molecule has 0 heterocycles. The number of carbonyl (C=O) groups is 1. The molecule has 0 atom stereocenters. The van der Waals surface area contributed by atoms with Crippen LogP contribution in [0.2, 0.25) is 0 Å². The molecule has 0 aromatic heterocycles. The highest BCUT2D eigenvalue weighted by atomic mass is 19.1. The highest BCUT2D eigenvalue weighted by Crippen LogP contribution is 2.20. The lowest BCUT2D eigenvalue weighted by Crippen LogP contribution is -2.20. The number of benzene rings is 3. The van der Waals surface area contributed by atoms with Crippen molar-refractivity contribution in [2.24, 2.45) is 0 Å². The number of nitrogens with one attached hydrogen (secondary N) is 2. The molecule has 0 unspecified atom stereocenters. The zero-order valence-corrected chi connectivity index (χ0v) is 14.8. The van der Waals surface area contributed by atoms with Gasteiger partial charge in [-0.2, -0.15) is 0 Å². The van der Waals surface area contributed by atoms with Gasteiger partial charge in [0, 0.05) is 19.6 Å². The second kappa shape index (κ2) is 8.96. The molecule has 0 aliphatic carbocycles. The first-order valence-electron chi connectivity index (χ1n) is 8.70. The van der Waals surface area contributed by atoms with Crippen LogP contribution in [-0.4, -0.2) is 11.2 Å². The number of carboxylic acid groups (broad SMARTS) is 1. The molecule has 0 spiro atoms. The van der Waals surface area contributed by atoms with E-state index in [2.05, 4.69) is 22.8 Å². The van der Waals surface area contributed by atoms with Gasteiger partial charge in [0.15, 0.2) is 0 Å². The summed E-state index contributed by atoms with van der Waals surface area (Å²) < 4.78 is 13.0. The Bertz CT molecular complexity index is 893. The molecule has 5 heteroatoms. The van der Waals surface area contributed by atoms with E-state index in [1.807, 2.05) is 36.4 Å². The zero-order chi connectivity index (χ0) is 19.1. The molecular weight excluding hydrogens is 343 g/mol. The van der Waals surface area contributed by atoms with E-state index in [1.54, 1.807) is 12.1 Å². The van der Waals surface area contributed by atoms with Crippen LogP contribution in [0.25, 0.3) is 11.1 Å². The summed E-state index contributed by atoms with van der Waals surface area (Å²) in [7, 11) is 0. The number of rotatable bonds is 7. The minimum atomic E-state index is -1.03. The number of hydrogen-bond acceptors (Lipinski definition) is 2. The van der Waals surface area contributed by atoms with Gasteiger partial charge in [-0.1, -0.05) is 60.7 Å². The monoisotopic (exact) mass is 364 g/mol. The first-order chi connectivity index (χ1) is 13.1. The second-order valence-electron chi connectivity index (χ2n) is 6.29. The maximum atomic E-state index is 13.0. The van der Waals surface area contributed by atoms with Crippen molar-refractivity contribution in [1.82, 2.24) is 10.6 Å². The molecular formula is C22H21FN2O2. The lowest BCUT2D eigenvalue weighted by atomic mass is 10.0. The fourth-order valence-electron chi connectivity index (χ4n) is 2.84. The average Bonchev–Trinajstić information content (AvgIpc) is 2.68. The third-order valence-electron chi connectivity index (χ3n) is 4.22. The zero-order valence-electron chi connectivity index (χ0n) is 14.8. The van der Waals surface area contributed by atoms with E-state index in [1.165, 1.54) is 12.1 Å². The highest BCUT2D eigenvalue weighted by Gasteiger charge is 2.01. The van der Waals surface area contributed by atoms with Crippen molar-refractivity contribution in [2.45, 2.75) is 19.6 Å². The molecule has 3 rings (SSSR count). The van der Waals surface area contributed by atoms with E-state index in [-0.39, 0.29) is 5.82 Å². The Morgan fingerprint density at radius 3 is 1.96 bits per heavy atom. The summed E-state index contributed by atoms with van der Waals surface area (Å²) in [5, 5.41) is 14.4. The van der Waals surface area contributed by atoms with Crippen molar-refractivity contribution in [3.8, 4) is 11.1 Å². The van der Waals surface area contributed by atoms with Gasteiger partial charge in [-0.25, -0.2) is 9.18 Å². The summed E-state index contributed by atoms with van der Waals surface area (Å²) in [6.07, 6.45) is -1.03. The number of halogens is 1. The maximum absolute atomic E-state index is 13.0. The topological polar surface area (TPSA) is 61.4 Å². The van der Waals surface area contributed by atoms with Crippen LogP contribution >= 0.6 is 0 Å². The molecule has 0 radical (unpaired) electrons. The Kier molecular flexibility index (Phi) is 6.18. The molecule has 0 saturated heterocycles. The number of amides is 1. The molecule has 0 saturated carbocycles. The molecule has 0 fully saturated rings. The molecule has 0 bridgehead atoms. The van der Waals surface area contributed by atoms with Crippen LogP contribution in [-0.2, 0) is 19.6 Å². The Morgan fingerprint density at radius 1 is 0.778 bits per heavy atom. The average molecular weight is 364 g/mol. The lowest BCUT2D eigenvalue weighted by molar-refractivity contribution is 0.194. The quantitative estimate of drug-likeness (QED) is 0.576. The van der Waals surface area contributed by atoms with Gasteiger partial charge in [-0.3, -0.25) is 0 Å². The largest absolute Gasteiger partial charge is 0.465 e. The second-order valence-corrected chi connectivity index (χ2v) is 6.29. The molecule has 3 aromatic rings. The molecule has 0 aliphatic heterocycles. The van der Waals surface area contributed by atoms with Gasteiger partial charge in [0.1, 0.15) is 5.82 Å². The van der Waals surface area contributed by atoms with Crippen LogP contribution in [0.4, 0.5) is 9.18 Å². The first kappa shape index (κ1) is 18.6. The van der Waals surface area contributed by atoms with Gasteiger partial charge in [0.25, 0.3) is 0 Å². The van der Waals surface area contributed by atoms with Crippen molar-refractivity contribution in [2.75, 3.05) is 0 Å². The Hall–Kier alpha value is -3.18. The van der Waals surface area contributed by atoms with Crippen molar-refractivity contribution >= 4 is 6.09 Å². The normalized spacial score (nSPS) is 10.6. The van der Waals surface area contributed by atoms with Gasteiger partial charge >= 0.3 is 6.09 Å². The van der Waals surface area contributed by atoms with Crippen molar-refractivity contribution in [3.63, 3.8) is 0 Å². The van der Waals surface area contributed by atoms with Gasteiger partial charge in [0.2, 0.25) is 0 Å². The van der Waals surface area contributed by atoms with Crippen LogP contribution in [0, 0.1) is 5.82 Å². The van der Waals surface area contributed by atoms with E-state index in [0.717, 1.165) is 34.4 Å². The molecule has 4 nitrogen and oxygen atoms in total. The minimum Gasteiger partial charge on any atom is -0.465 e. The molecule has 3 aromatic carbocycles. The van der Waals surface area contributed by atoms with E-state index < -0.39 is 6.09 Å². The summed E-state index contributed by atoms with van der Waals surface area (Å²) >= 11 is 0. The van der Waals surface area contributed by atoms with Gasteiger partial charge in [-0.15, -0.1) is 0 Å². The van der Waals surface area contributed by atoms with E-state index in [4.69, 9.17) is 5.11 Å². The molecule has 3 N–H and O–H groups in total. The molecule has 27 heavy (non-hydrogen) atoms. The Labute approximate surface area is 157 Å². The third-order valence-corrected chi connectivity index (χ3v) is 4.22. The van der Waals surface area contributed by atoms with Gasteiger partial charge < -0.3 is 15.7 Å². The van der Waals surface area contributed by atoms with E-state index in [0.29, 0.717) is 13.1 Å². The van der Waals surface area contributed by atoms with Crippen LogP contribution in [0.3, 0.4) is 0 Å². The van der Waals surface area contributed by atoms with Crippen molar-refractivity contribution in [1.29, 1.82) is 0 Å². The minimum absolute atomic E-state index is 0.234. The fraction of sp³-hybridized carbons (Fsp3) is 0.136. The Balaban J connectivity index is 1.52. The maximum Gasteiger partial charge on any atom is 0.404 e. The van der Waals surface area contributed by atoms with E-state index >= 15 is 0 Å². The molecule has 138 valence electrons. The van der Waals surface area contributed by atoms with Crippen LogP contribution < -0.4 is 10.6 Å². The summed E-state index contributed by atoms with van der Waals surface area (Å²) in [5.41, 5.74) is 5.23. The van der Waals surface area contributed by atoms with Crippen molar-refractivity contribution in [3.05, 3.63) is 95.3 Å². The predicted molar refractivity (Wildman–Crippen MR) is 104 cm³/mol.